The van der Waals surface area contributed by atoms with E-state index in [9.17, 15) is 22.8 Å². The Morgan fingerprint density at radius 2 is 1.94 bits per heavy atom. The third kappa shape index (κ3) is 5.08. The Morgan fingerprint density at radius 1 is 1.22 bits per heavy atom. The first-order chi connectivity index (χ1) is 15.1. The zero-order valence-electron chi connectivity index (χ0n) is 16.7. The number of carbonyl (C=O) groups is 1. The van der Waals surface area contributed by atoms with Gasteiger partial charge < -0.3 is 9.47 Å². The molecule has 12 heteroatoms. The standard InChI is InChI=1S/C20H16Cl2F3N3O4/c1-10(18(29)31-9-12-4-3-5-13(21)6-12)32-17-8-16(15(23)7-14(17)22)28-20(30)27(19(24)25)11(2)26-28/h3-8,10,19H,9H2,1-2H3. The quantitative estimate of drug-likeness (QED) is 0.450. The number of carbonyl (C=O) groups excluding carboxylic acids is 1. The summed E-state index contributed by atoms with van der Waals surface area (Å²) in [4.78, 5) is 24.5. The first-order valence-electron chi connectivity index (χ1n) is 9.12. The number of aryl methyl sites for hydroxylation is 1. The highest BCUT2D eigenvalue weighted by atomic mass is 35.5. The highest BCUT2D eigenvalue weighted by molar-refractivity contribution is 6.32. The number of halogens is 5. The van der Waals surface area contributed by atoms with Gasteiger partial charge in [0.2, 0.25) is 0 Å². The van der Waals surface area contributed by atoms with Crippen LogP contribution in [0.5, 0.6) is 5.75 Å². The number of alkyl halides is 2. The lowest BCUT2D eigenvalue weighted by molar-refractivity contribution is -0.152. The van der Waals surface area contributed by atoms with Gasteiger partial charge in [0.05, 0.1) is 5.02 Å². The molecule has 7 nitrogen and oxygen atoms in total. The molecule has 0 aliphatic carbocycles. The van der Waals surface area contributed by atoms with E-state index in [0.29, 0.717) is 15.3 Å². The zero-order valence-corrected chi connectivity index (χ0v) is 18.2. The largest absolute Gasteiger partial charge is 0.477 e. The minimum Gasteiger partial charge on any atom is -0.477 e. The van der Waals surface area contributed by atoms with Gasteiger partial charge in [-0.2, -0.15) is 13.5 Å². The van der Waals surface area contributed by atoms with E-state index in [1.54, 1.807) is 24.3 Å². The summed E-state index contributed by atoms with van der Waals surface area (Å²) in [5.74, 6) is -2.24. The average Bonchev–Trinajstić information content (AvgIpc) is 3.02. The van der Waals surface area contributed by atoms with Crippen LogP contribution in [0.4, 0.5) is 13.2 Å². The third-order valence-electron chi connectivity index (χ3n) is 4.31. The Bertz CT molecular complexity index is 1210. The number of benzene rings is 2. The molecular formula is C20H16Cl2F3N3O4. The summed E-state index contributed by atoms with van der Waals surface area (Å²) in [6, 6.07) is 8.52. The van der Waals surface area contributed by atoms with E-state index < -0.39 is 35.8 Å². The molecule has 0 spiro atoms. The van der Waals surface area contributed by atoms with Gasteiger partial charge in [0.1, 0.15) is 23.9 Å². The summed E-state index contributed by atoms with van der Waals surface area (Å²) in [7, 11) is 0. The predicted molar refractivity (Wildman–Crippen MR) is 110 cm³/mol. The molecule has 1 unspecified atom stereocenters. The summed E-state index contributed by atoms with van der Waals surface area (Å²) in [6.07, 6.45) is -1.16. The minimum absolute atomic E-state index is 0.0603. The van der Waals surface area contributed by atoms with Crippen LogP contribution in [0.25, 0.3) is 5.69 Å². The number of hydrogen-bond donors (Lipinski definition) is 0. The maximum Gasteiger partial charge on any atom is 0.355 e. The van der Waals surface area contributed by atoms with Crippen LogP contribution in [0, 0.1) is 12.7 Å². The topological polar surface area (TPSA) is 75.4 Å². The first-order valence-corrected chi connectivity index (χ1v) is 9.87. The fraction of sp³-hybridized carbons (Fsp3) is 0.250. The van der Waals surface area contributed by atoms with Crippen molar-refractivity contribution in [1.29, 1.82) is 0 Å². The van der Waals surface area contributed by atoms with Crippen molar-refractivity contribution in [1.82, 2.24) is 14.3 Å². The second kappa shape index (κ2) is 9.66. The number of rotatable bonds is 7. The third-order valence-corrected chi connectivity index (χ3v) is 4.84. The van der Waals surface area contributed by atoms with Crippen LogP contribution in [-0.2, 0) is 16.1 Å². The minimum atomic E-state index is -3.16. The maximum atomic E-state index is 14.4. The number of ether oxygens (including phenoxy) is 2. The summed E-state index contributed by atoms with van der Waals surface area (Å²) in [5.41, 5.74) is -1.07. The Balaban J connectivity index is 1.81. The maximum absolute atomic E-state index is 14.4. The summed E-state index contributed by atoms with van der Waals surface area (Å²) >= 11 is 11.9. The van der Waals surface area contributed by atoms with E-state index in [2.05, 4.69) is 5.10 Å². The van der Waals surface area contributed by atoms with Gasteiger partial charge in [-0.25, -0.2) is 18.5 Å². The average molecular weight is 490 g/mol. The number of hydrogen-bond acceptors (Lipinski definition) is 5. The van der Waals surface area contributed by atoms with Gasteiger partial charge in [-0.1, -0.05) is 35.3 Å². The van der Waals surface area contributed by atoms with E-state index in [-0.39, 0.29) is 27.8 Å². The lowest BCUT2D eigenvalue weighted by Gasteiger charge is -2.16. The predicted octanol–water partition coefficient (Wildman–Crippen LogP) is 4.69. The van der Waals surface area contributed by atoms with Gasteiger partial charge in [0.15, 0.2) is 11.9 Å². The van der Waals surface area contributed by atoms with Crippen LogP contribution in [-0.4, -0.2) is 26.4 Å². The Kier molecular flexibility index (Phi) is 7.15. The fourth-order valence-electron chi connectivity index (χ4n) is 2.77. The van der Waals surface area contributed by atoms with E-state index in [1.165, 1.54) is 13.8 Å². The van der Waals surface area contributed by atoms with E-state index in [4.69, 9.17) is 32.7 Å². The van der Waals surface area contributed by atoms with Crippen molar-refractivity contribution in [2.24, 2.45) is 0 Å². The number of nitrogens with zero attached hydrogens (tertiary/aromatic N) is 3. The molecule has 2 aromatic carbocycles. The molecule has 0 aliphatic heterocycles. The SMILES string of the molecule is Cc1nn(-c2cc(OC(C)C(=O)OCc3cccc(Cl)c3)c(Cl)cc2F)c(=O)n1C(F)F. The van der Waals surface area contributed by atoms with Gasteiger partial charge in [-0.05, 0) is 37.6 Å². The van der Waals surface area contributed by atoms with Gasteiger partial charge in [-0.15, -0.1) is 5.10 Å². The van der Waals surface area contributed by atoms with Gasteiger partial charge in [0, 0.05) is 11.1 Å². The molecule has 0 radical (unpaired) electrons. The molecule has 3 rings (SSSR count). The molecule has 0 N–H and O–H groups in total. The lowest BCUT2D eigenvalue weighted by atomic mass is 10.2. The summed E-state index contributed by atoms with van der Waals surface area (Å²) in [5, 5.41) is 3.93. The second-order valence-electron chi connectivity index (χ2n) is 6.62. The van der Waals surface area contributed by atoms with Crippen molar-refractivity contribution < 1.29 is 27.4 Å². The van der Waals surface area contributed by atoms with Crippen LogP contribution >= 0.6 is 23.2 Å². The van der Waals surface area contributed by atoms with Crippen molar-refractivity contribution >= 4 is 29.2 Å². The van der Waals surface area contributed by atoms with Crippen LogP contribution in [0.1, 0.15) is 24.9 Å². The Labute approximate surface area is 189 Å². The molecule has 1 aromatic heterocycles. The van der Waals surface area contributed by atoms with Crippen molar-refractivity contribution in [3.05, 3.63) is 74.1 Å². The Morgan fingerprint density at radius 3 is 2.56 bits per heavy atom. The van der Waals surface area contributed by atoms with Gasteiger partial charge in [-0.3, -0.25) is 0 Å². The van der Waals surface area contributed by atoms with Crippen molar-refractivity contribution in [2.75, 3.05) is 0 Å². The molecule has 1 heterocycles. The fourth-order valence-corrected chi connectivity index (χ4v) is 3.17. The molecule has 0 bridgehead atoms. The molecule has 0 saturated carbocycles. The van der Waals surface area contributed by atoms with Crippen molar-refractivity contribution in [3.63, 3.8) is 0 Å². The normalized spacial score (nSPS) is 12.1. The second-order valence-corrected chi connectivity index (χ2v) is 7.46. The highest BCUT2D eigenvalue weighted by Crippen LogP contribution is 2.30. The van der Waals surface area contributed by atoms with Crippen LogP contribution in [0.3, 0.4) is 0 Å². The van der Waals surface area contributed by atoms with Crippen molar-refractivity contribution in [2.45, 2.75) is 33.1 Å². The number of esters is 1. The van der Waals surface area contributed by atoms with E-state index >= 15 is 0 Å². The first kappa shape index (κ1) is 23.7. The molecule has 0 aliphatic rings. The molecular weight excluding hydrogens is 474 g/mol. The van der Waals surface area contributed by atoms with Crippen molar-refractivity contribution in [3.8, 4) is 11.4 Å². The zero-order chi connectivity index (χ0) is 23.6. The molecule has 32 heavy (non-hydrogen) atoms. The summed E-state index contributed by atoms with van der Waals surface area (Å²) < 4.78 is 51.7. The van der Waals surface area contributed by atoms with Crippen LogP contribution < -0.4 is 10.4 Å². The highest BCUT2D eigenvalue weighted by Gasteiger charge is 2.23. The van der Waals surface area contributed by atoms with Crippen LogP contribution in [0.2, 0.25) is 10.0 Å². The van der Waals surface area contributed by atoms with Crippen LogP contribution in [0.15, 0.2) is 41.2 Å². The molecule has 170 valence electrons. The molecule has 1 atom stereocenters. The Hall–Kier alpha value is -2.98. The smallest absolute Gasteiger partial charge is 0.355 e. The van der Waals surface area contributed by atoms with Gasteiger partial charge in [0.25, 0.3) is 0 Å². The molecule has 0 fully saturated rings. The van der Waals surface area contributed by atoms with E-state index in [0.717, 1.165) is 12.1 Å². The monoisotopic (exact) mass is 489 g/mol. The summed E-state index contributed by atoms with van der Waals surface area (Å²) in [6.45, 7) is -0.666. The van der Waals surface area contributed by atoms with Gasteiger partial charge >= 0.3 is 18.2 Å². The molecule has 0 saturated heterocycles. The lowest BCUT2D eigenvalue weighted by Crippen LogP contribution is -2.27. The van der Waals surface area contributed by atoms with E-state index in [1.807, 2.05) is 0 Å². The number of aromatic nitrogens is 3. The molecule has 3 aromatic rings. The molecule has 0 amide bonds.